The van der Waals surface area contributed by atoms with Crippen molar-refractivity contribution in [2.45, 2.75) is 6.42 Å². The number of hydrogen-bond acceptors (Lipinski definition) is 6. The van der Waals surface area contributed by atoms with Gasteiger partial charge in [0.2, 0.25) is 5.91 Å². The highest BCUT2D eigenvalue weighted by atomic mass is 16.5. The Bertz CT molecular complexity index is 618. The van der Waals surface area contributed by atoms with Crippen LogP contribution in [0.3, 0.4) is 0 Å². The van der Waals surface area contributed by atoms with Gasteiger partial charge in [0.15, 0.2) is 5.78 Å². The lowest BCUT2D eigenvalue weighted by Crippen LogP contribution is -2.31. The Morgan fingerprint density at radius 3 is 1.92 bits per heavy atom. The summed E-state index contributed by atoms with van der Waals surface area (Å²) in [6.07, 6.45) is -0.314. The fourth-order valence-corrected chi connectivity index (χ4v) is 2.76. The standard InChI is InChI=1S/C17H19NO6/c1-23-16(21)12-9-18(10-13(12)17(22)24-2)15(20)8-14(19)11-6-4-3-5-7-11/h3-7,12-13H,8-10H2,1-2H3. The van der Waals surface area contributed by atoms with Gasteiger partial charge in [-0.3, -0.25) is 19.2 Å². The Morgan fingerprint density at radius 2 is 1.46 bits per heavy atom. The normalized spacial score (nSPS) is 19.7. The zero-order chi connectivity index (χ0) is 17.7. The van der Waals surface area contributed by atoms with Crippen molar-refractivity contribution >= 4 is 23.6 Å². The van der Waals surface area contributed by atoms with Crippen molar-refractivity contribution in [3.8, 4) is 0 Å². The van der Waals surface area contributed by atoms with E-state index in [2.05, 4.69) is 9.47 Å². The smallest absolute Gasteiger partial charge is 0.311 e. The molecule has 0 spiro atoms. The number of benzene rings is 1. The summed E-state index contributed by atoms with van der Waals surface area (Å²) in [4.78, 5) is 49.4. The molecular formula is C17H19NO6. The van der Waals surface area contributed by atoms with Gasteiger partial charge < -0.3 is 14.4 Å². The lowest BCUT2D eigenvalue weighted by Gasteiger charge is -2.15. The van der Waals surface area contributed by atoms with E-state index in [0.717, 1.165) is 0 Å². The first-order chi connectivity index (χ1) is 11.5. The summed E-state index contributed by atoms with van der Waals surface area (Å²) in [5.74, 6) is -3.44. The maximum Gasteiger partial charge on any atom is 0.311 e. The van der Waals surface area contributed by atoms with Crippen LogP contribution in [0.15, 0.2) is 30.3 Å². The van der Waals surface area contributed by atoms with Crippen LogP contribution < -0.4 is 0 Å². The molecule has 0 saturated carbocycles. The second-order valence-corrected chi connectivity index (χ2v) is 5.52. The average molecular weight is 333 g/mol. The highest BCUT2D eigenvalue weighted by molar-refractivity contribution is 6.07. The van der Waals surface area contributed by atoms with E-state index in [1.807, 2.05) is 0 Å². The number of amides is 1. The van der Waals surface area contributed by atoms with Crippen molar-refractivity contribution in [2.24, 2.45) is 11.8 Å². The van der Waals surface area contributed by atoms with E-state index >= 15 is 0 Å². The van der Waals surface area contributed by atoms with Crippen molar-refractivity contribution in [1.82, 2.24) is 4.90 Å². The number of methoxy groups -OCH3 is 2. The molecule has 1 aromatic carbocycles. The van der Waals surface area contributed by atoms with Gasteiger partial charge in [0.25, 0.3) is 0 Å². The predicted octanol–water partition coefficient (Wildman–Crippen LogP) is 0.680. The molecule has 0 aliphatic carbocycles. The van der Waals surface area contributed by atoms with Crippen LogP contribution in [0.5, 0.6) is 0 Å². The molecule has 0 bridgehead atoms. The first kappa shape index (κ1) is 17.7. The van der Waals surface area contributed by atoms with Crippen LogP contribution in [-0.4, -0.2) is 55.8 Å². The van der Waals surface area contributed by atoms with E-state index in [1.165, 1.54) is 19.1 Å². The van der Waals surface area contributed by atoms with Gasteiger partial charge in [-0.15, -0.1) is 0 Å². The minimum Gasteiger partial charge on any atom is -0.469 e. The molecule has 128 valence electrons. The molecule has 2 atom stereocenters. The number of hydrogen-bond donors (Lipinski definition) is 0. The summed E-state index contributed by atoms with van der Waals surface area (Å²) in [7, 11) is 2.44. The van der Waals surface area contributed by atoms with E-state index in [-0.39, 0.29) is 25.3 Å². The number of esters is 2. The second kappa shape index (κ2) is 7.72. The van der Waals surface area contributed by atoms with E-state index in [4.69, 9.17) is 0 Å². The number of nitrogens with zero attached hydrogens (tertiary/aromatic N) is 1. The van der Waals surface area contributed by atoms with E-state index in [9.17, 15) is 19.2 Å². The molecule has 1 aromatic rings. The summed E-state index contributed by atoms with van der Waals surface area (Å²) in [6, 6.07) is 8.48. The van der Waals surface area contributed by atoms with Gasteiger partial charge in [-0.05, 0) is 0 Å². The minimum absolute atomic E-state index is 0.0351. The Balaban J connectivity index is 2.06. The first-order valence-corrected chi connectivity index (χ1v) is 7.49. The Kier molecular flexibility index (Phi) is 5.68. The van der Waals surface area contributed by atoms with Gasteiger partial charge in [-0.1, -0.05) is 30.3 Å². The molecule has 1 saturated heterocycles. The maximum absolute atomic E-state index is 12.3. The molecule has 7 nitrogen and oxygen atoms in total. The number of rotatable bonds is 5. The Morgan fingerprint density at radius 1 is 0.958 bits per heavy atom. The highest BCUT2D eigenvalue weighted by Crippen LogP contribution is 2.26. The summed E-state index contributed by atoms with van der Waals surface area (Å²) < 4.78 is 9.37. The summed E-state index contributed by atoms with van der Waals surface area (Å²) >= 11 is 0. The van der Waals surface area contributed by atoms with Crippen molar-refractivity contribution in [3.05, 3.63) is 35.9 Å². The number of carbonyl (C=O) groups is 4. The quantitative estimate of drug-likeness (QED) is 0.447. The Labute approximate surface area is 139 Å². The molecule has 0 radical (unpaired) electrons. The van der Waals surface area contributed by atoms with Crippen molar-refractivity contribution in [1.29, 1.82) is 0 Å². The van der Waals surface area contributed by atoms with Crippen LogP contribution in [-0.2, 0) is 23.9 Å². The molecule has 24 heavy (non-hydrogen) atoms. The van der Waals surface area contributed by atoms with Crippen molar-refractivity contribution in [3.63, 3.8) is 0 Å². The number of ketones is 1. The van der Waals surface area contributed by atoms with Gasteiger partial charge in [-0.2, -0.15) is 0 Å². The molecule has 2 rings (SSSR count). The molecule has 7 heteroatoms. The van der Waals surface area contributed by atoms with Gasteiger partial charge in [-0.25, -0.2) is 0 Å². The molecule has 1 aliphatic heterocycles. The third-order valence-electron chi connectivity index (χ3n) is 4.09. The van der Waals surface area contributed by atoms with E-state index < -0.39 is 29.7 Å². The maximum atomic E-state index is 12.3. The first-order valence-electron chi connectivity index (χ1n) is 7.49. The Hall–Kier alpha value is -2.70. The minimum atomic E-state index is -0.779. The van der Waals surface area contributed by atoms with Crippen LogP contribution in [0.1, 0.15) is 16.8 Å². The van der Waals surface area contributed by atoms with Crippen LogP contribution >= 0.6 is 0 Å². The molecule has 1 aliphatic rings. The fourth-order valence-electron chi connectivity index (χ4n) is 2.76. The van der Waals surface area contributed by atoms with E-state index in [0.29, 0.717) is 5.56 Å². The monoisotopic (exact) mass is 333 g/mol. The van der Waals surface area contributed by atoms with E-state index in [1.54, 1.807) is 30.3 Å². The van der Waals surface area contributed by atoms with Crippen LogP contribution in [0.4, 0.5) is 0 Å². The zero-order valence-corrected chi connectivity index (χ0v) is 13.6. The largest absolute Gasteiger partial charge is 0.469 e. The third-order valence-corrected chi connectivity index (χ3v) is 4.09. The number of Topliss-reactive ketones (excluding diaryl/α,β-unsaturated/α-hetero) is 1. The van der Waals surface area contributed by atoms with Gasteiger partial charge in [0.05, 0.1) is 32.5 Å². The number of ether oxygens (including phenoxy) is 2. The molecule has 1 fully saturated rings. The lowest BCUT2D eigenvalue weighted by molar-refractivity contribution is -0.155. The van der Waals surface area contributed by atoms with Crippen LogP contribution in [0, 0.1) is 11.8 Å². The molecule has 2 unspecified atom stereocenters. The summed E-state index contributed by atoms with van der Waals surface area (Å²) in [6.45, 7) is 0.0701. The third kappa shape index (κ3) is 3.79. The molecular weight excluding hydrogens is 314 g/mol. The van der Waals surface area contributed by atoms with Crippen molar-refractivity contribution < 1.29 is 28.7 Å². The van der Waals surface area contributed by atoms with Crippen LogP contribution in [0.25, 0.3) is 0 Å². The predicted molar refractivity (Wildman–Crippen MR) is 83.0 cm³/mol. The highest BCUT2D eigenvalue weighted by Gasteiger charge is 2.45. The van der Waals surface area contributed by atoms with Gasteiger partial charge >= 0.3 is 11.9 Å². The molecule has 0 aromatic heterocycles. The molecule has 1 heterocycles. The van der Waals surface area contributed by atoms with Crippen LogP contribution in [0.2, 0.25) is 0 Å². The molecule has 0 N–H and O–H groups in total. The fraction of sp³-hybridized carbons (Fsp3) is 0.412. The number of carbonyl (C=O) groups excluding carboxylic acids is 4. The SMILES string of the molecule is COC(=O)C1CN(C(=O)CC(=O)c2ccccc2)CC1C(=O)OC. The topological polar surface area (TPSA) is 90.0 Å². The van der Waals surface area contributed by atoms with Gasteiger partial charge in [0, 0.05) is 18.7 Å². The van der Waals surface area contributed by atoms with Crippen molar-refractivity contribution in [2.75, 3.05) is 27.3 Å². The average Bonchev–Trinajstić information content (AvgIpc) is 3.06. The van der Waals surface area contributed by atoms with Gasteiger partial charge in [0.1, 0.15) is 0 Å². The second-order valence-electron chi connectivity index (χ2n) is 5.52. The zero-order valence-electron chi connectivity index (χ0n) is 13.6. The lowest BCUT2D eigenvalue weighted by atomic mass is 9.96. The molecule has 1 amide bonds. The number of likely N-dealkylation sites (tertiary alicyclic amines) is 1. The summed E-state index contributed by atoms with van der Waals surface area (Å²) in [5, 5.41) is 0. The summed E-state index contributed by atoms with van der Waals surface area (Å²) in [5.41, 5.74) is 0.444.